The summed E-state index contributed by atoms with van der Waals surface area (Å²) in [5.41, 5.74) is 3.50. The Hall–Kier alpha value is -3.29. The van der Waals surface area contributed by atoms with Crippen molar-refractivity contribution in [2.45, 2.75) is 13.8 Å². The zero-order valence-corrected chi connectivity index (χ0v) is 14.1. The maximum Gasteiger partial charge on any atom is 0.257 e. The Morgan fingerprint density at radius 3 is 2.77 bits per heavy atom. The summed E-state index contributed by atoms with van der Waals surface area (Å²) >= 11 is 0. The fourth-order valence-electron chi connectivity index (χ4n) is 2.84. The Morgan fingerprint density at radius 2 is 1.96 bits per heavy atom. The lowest BCUT2D eigenvalue weighted by Gasteiger charge is -2.10. The van der Waals surface area contributed by atoms with Gasteiger partial charge in [0.2, 0.25) is 0 Å². The highest BCUT2D eigenvalue weighted by atomic mass is 19.1. The predicted molar refractivity (Wildman–Crippen MR) is 97.5 cm³/mol. The number of hydrogen-bond acceptors (Lipinski definition) is 4. The molecule has 3 aromatic heterocycles. The third kappa shape index (κ3) is 2.69. The van der Waals surface area contributed by atoms with E-state index in [1.807, 2.05) is 0 Å². The fourth-order valence-corrected chi connectivity index (χ4v) is 2.84. The second-order valence-corrected chi connectivity index (χ2v) is 6.05. The summed E-state index contributed by atoms with van der Waals surface area (Å²) in [7, 11) is 5.94. The van der Waals surface area contributed by atoms with E-state index in [-0.39, 0.29) is 5.65 Å². The Morgan fingerprint density at radius 1 is 1.15 bits per heavy atom. The van der Waals surface area contributed by atoms with Gasteiger partial charge in [-0.1, -0.05) is 11.5 Å². The van der Waals surface area contributed by atoms with Gasteiger partial charge in [-0.25, -0.2) is 9.37 Å². The largest absolute Gasteiger partial charge is 0.320 e. The summed E-state index contributed by atoms with van der Waals surface area (Å²) in [6, 6.07) is 4.41. The summed E-state index contributed by atoms with van der Waals surface area (Å²) in [6.07, 6.45) is 4.85. The van der Waals surface area contributed by atoms with Crippen LogP contribution in [0.3, 0.4) is 0 Å². The first-order valence-corrected chi connectivity index (χ1v) is 7.90. The van der Waals surface area contributed by atoms with E-state index >= 15 is 0 Å². The molecule has 0 saturated heterocycles. The number of amides is 1. The van der Waals surface area contributed by atoms with E-state index in [0.717, 1.165) is 0 Å². The van der Waals surface area contributed by atoms with Crippen molar-refractivity contribution in [3.05, 3.63) is 59.6 Å². The van der Waals surface area contributed by atoms with Gasteiger partial charge in [0.15, 0.2) is 11.5 Å². The Balaban J connectivity index is 1.75. The van der Waals surface area contributed by atoms with Crippen LogP contribution in [0.5, 0.6) is 0 Å². The molecule has 8 heteroatoms. The molecule has 26 heavy (non-hydrogen) atoms. The number of aromatic nitrogens is 4. The number of imidazole rings is 1. The average molecular weight is 345 g/mol. The number of fused-ring (bicyclic) bond motifs is 2. The number of pyridine rings is 1. The molecule has 6 nitrogen and oxygen atoms in total. The molecule has 4 aromatic rings. The number of benzene rings is 1. The SMILES string of the molecule is [B]c1ccc(C(=O)Nc2cc(F)c3nc(C)cn3c2)c2ncc(C)nc12. The number of aryl methyl sites for hydroxylation is 2. The first-order valence-electron chi connectivity index (χ1n) is 7.90. The predicted octanol–water partition coefficient (Wildman–Crippen LogP) is 2.08. The van der Waals surface area contributed by atoms with Crippen LogP contribution in [-0.4, -0.2) is 33.1 Å². The van der Waals surface area contributed by atoms with Crippen molar-refractivity contribution in [1.29, 1.82) is 0 Å². The lowest BCUT2D eigenvalue weighted by molar-refractivity contribution is 0.102. The van der Waals surface area contributed by atoms with Crippen LogP contribution in [0.15, 0.2) is 36.8 Å². The number of rotatable bonds is 2. The summed E-state index contributed by atoms with van der Waals surface area (Å²) in [6.45, 7) is 3.57. The highest BCUT2D eigenvalue weighted by Gasteiger charge is 2.15. The summed E-state index contributed by atoms with van der Waals surface area (Å²) < 4.78 is 15.7. The van der Waals surface area contributed by atoms with Crippen molar-refractivity contribution in [2.24, 2.45) is 0 Å². The first kappa shape index (κ1) is 16.2. The molecule has 0 aliphatic rings. The molecular weight excluding hydrogens is 332 g/mol. The molecule has 0 aliphatic heterocycles. The van der Waals surface area contributed by atoms with E-state index in [1.165, 1.54) is 10.5 Å². The number of hydrogen-bond donors (Lipinski definition) is 1. The Kier molecular flexibility index (Phi) is 3.68. The Labute approximate surface area is 149 Å². The molecule has 0 fully saturated rings. The van der Waals surface area contributed by atoms with E-state index in [1.54, 1.807) is 44.6 Å². The van der Waals surface area contributed by atoms with Gasteiger partial charge in [-0.15, -0.1) is 0 Å². The van der Waals surface area contributed by atoms with Crippen LogP contribution in [-0.2, 0) is 0 Å². The molecule has 0 bridgehead atoms. The summed E-state index contributed by atoms with van der Waals surface area (Å²) in [5.74, 6) is -0.947. The van der Waals surface area contributed by atoms with Gasteiger partial charge in [-0.2, -0.15) is 0 Å². The number of carbonyl (C=O) groups excluding carboxylic acids is 1. The molecule has 126 valence electrons. The van der Waals surface area contributed by atoms with Gasteiger partial charge in [0, 0.05) is 24.7 Å². The highest BCUT2D eigenvalue weighted by molar-refractivity contribution is 6.38. The zero-order chi connectivity index (χ0) is 18.4. The van der Waals surface area contributed by atoms with Crippen molar-refractivity contribution < 1.29 is 9.18 Å². The molecule has 1 aromatic carbocycles. The van der Waals surface area contributed by atoms with Gasteiger partial charge >= 0.3 is 0 Å². The van der Waals surface area contributed by atoms with Crippen molar-refractivity contribution in [1.82, 2.24) is 19.4 Å². The number of carbonyl (C=O) groups is 1. The van der Waals surface area contributed by atoms with E-state index in [9.17, 15) is 9.18 Å². The van der Waals surface area contributed by atoms with Crippen LogP contribution in [0.2, 0.25) is 0 Å². The quantitative estimate of drug-likeness (QED) is 0.565. The van der Waals surface area contributed by atoms with Crippen LogP contribution in [0.1, 0.15) is 21.7 Å². The molecular formula is C18H13BFN5O. The molecule has 0 saturated carbocycles. The smallest absolute Gasteiger partial charge is 0.257 e. The number of halogens is 1. The minimum absolute atomic E-state index is 0.208. The average Bonchev–Trinajstić information content (AvgIpc) is 2.96. The van der Waals surface area contributed by atoms with Crippen LogP contribution in [0, 0.1) is 19.7 Å². The molecule has 1 amide bonds. The van der Waals surface area contributed by atoms with Gasteiger partial charge in [0.25, 0.3) is 5.91 Å². The number of nitrogens with one attached hydrogen (secondary N) is 1. The van der Waals surface area contributed by atoms with Crippen molar-refractivity contribution in [3.63, 3.8) is 0 Å². The van der Waals surface area contributed by atoms with Gasteiger partial charge < -0.3 is 9.72 Å². The lowest BCUT2D eigenvalue weighted by atomic mass is 9.92. The van der Waals surface area contributed by atoms with Crippen LogP contribution in [0.25, 0.3) is 16.7 Å². The summed E-state index contributed by atoms with van der Waals surface area (Å²) in [4.78, 5) is 25.4. The fraction of sp³-hybridized carbons (Fsp3) is 0.111. The van der Waals surface area contributed by atoms with E-state index in [4.69, 9.17) is 7.85 Å². The normalized spacial score (nSPS) is 11.2. The zero-order valence-electron chi connectivity index (χ0n) is 14.1. The molecule has 3 heterocycles. The summed E-state index contributed by atoms with van der Waals surface area (Å²) in [5, 5.41) is 2.69. The van der Waals surface area contributed by atoms with E-state index in [0.29, 0.717) is 39.1 Å². The van der Waals surface area contributed by atoms with E-state index in [2.05, 4.69) is 20.3 Å². The third-order valence-electron chi connectivity index (χ3n) is 3.98. The number of anilines is 1. The topological polar surface area (TPSA) is 72.2 Å². The number of nitrogens with zero attached hydrogens (tertiary/aromatic N) is 4. The molecule has 4 rings (SSSR count). The molecule has 0 unspecified atom stereocenters. The first-order chi connectivity index (χ1) is 12.4. The maximum atomic E-state index is 14.2. The lowest BCUT2D eigenvalue weighted by Crippen LogP contribution is -2.17. The van der Waals surface area contributed by atoms with Crippen molar-refractivity contribution in [2.75, 3.05) is 5.32 Å². The Bertz CT molecular complexity index is 1190. The maximum absolute atomic E-state index is 14.2. The van der Waals surface area contributed by atoms with Crippen LogP contribution in [0.4, 0.5) is 10.1 Å². The van der Waals surface area contributed by atoms with E-state index < -0.39 is 11.7 Å². The minimum Gasteiger partial charge on any atom is -0.320 e. The molecule has 0 spiro atoms. The molecule has 1 N–H and O–H groups in total. The standard InChI is InChI=1S/C18H13BFN5O/c1-9-6-21-15-12(3-4-13(19)16(15)22-9)18(26)24-11-5-14(20)17-23-10(2)7-25(17)8-11/h3-8H,1-2H3,(H,24,26). The van der Waals surface area contributed by atoms with Gasteiger partial charge in [-0.3, -0.25) is 14.8 Å². The van der Waals surface area contributed by atoms with Crippen LogP contribution < -0.4 is 10.8 Å². The second kappa shape index (κ2) is 5.91. The van der Waals surface area contributed by atoms with Crippen LogP contribution >= 0.6 is 0 Å². The molecule has 2 radical (unpaired) electrons. The van der Waals surface area contributed by atoms with Gasteiger partial charge in [0.05, 0.1) is 28.2 Å². The van der Waals surface area contributed by atoms with Crippen molar-refractivity contribution in [3.8, 4) is 0 Å². The van der Waals surface area contributed by atoms with Gasteiger partial charge in [0.1, 0.15) is 13.4 Å². The van der Waals surface area contributed by atoms with Gasteiger partial charge in [-0.05, 0) is 19.9 Å². The van der Waals surface area contributed by atoms with Crippen molar-refractivity contribution >= 4 is 41.6 Å². The second-order valence-electron chi connectivity index (χ2n) is 6.05. The minimum atomic E-state index is -0.520. The molecule has 0 aliphatic carbocycles. The third-order valence-corrected chi connectivity index (χ3v) is 3.98. The molecule has 0 atom stereocenters. The monoisotopic (exact) mass is 345 g/mol. The highest BCUT2D eigenvalue weighted by Crippen LogP contribution is 2.19.